The van der Waals surface area contributed by atoms with Gasteiger partial charge in [0.2, 0.25) is 5.91 Å². The van der Waals surface area contributed by atoms with Gasteiger partial charge in [-0.3, -0.25) is 9.59 Å². The van der Waals surface area contributed by atoms with Crippen molar-refractivity contribution in [3.63, 3.8) is 0 Å². The molecule has 2 aliphatic rings. The molecule has 2 fully saturated rings. The summed E-state index contributed by atoms with van der Waals surface area (Å²) in [6, 6.07) is 3.10. The van der Waals surface area contributed by atoms with E-state index >= 15 is 0 Å². The van der Waals surface area contributed by atoms with E-state index in [4.69, 9.17) is 4.42 Å². The summed E-state index contributed by atoms with van der Waals surface area (Å²) in [6.45, 7) is 3.32. The lowest BCUT2D eigenvalue weighted by Gasteiger charge is -2.39. The van der Waals surface area contributed by atoms with Crippen LogP contribution in [0.5, 0.6) is 0 Å². The predicted octanol–water partition coefficient (Wildman–Crippen LogP) is -0.592. The van der Waals surface area contributed by atoms with Crippen LogP contribution < -0.4 is 5.32 Å². The molecule has 1 aromatic heterocycles. The number of carbonyl (C=O) groups excluding carboxylic acids is 2. The van der Waals surface area contributed by atoms with E-state index in [0.717, 1.165) is 0 Å². The van der Waals surface area contributed by atoms with Crippen LogP contribution in [-0.2, 0) is 15.0 Å². The number of hydrogen-bond acceptors (Lipinski definition) is 6. The zero-order valence-electron chi connectivity index (χ0n) is 15.6. The van der Waals surface area contributed by atoms with Gasteiger partial charge >= 0.3 is 0 Å². The van der Waals surface area contributed by atoms with Crippen LogP contribution in [0, 0.1) is 0 Å². The fourth-order valence-corrected chi connectivity index (χ4v) is 5.02. The second-order valence-electron chi connectivity index (χ2n) is 6.78. The predicted molar refractivity (Wildman–Crippen MR) is 105 cm³/mol. The lowest BCUT2D eigenvalue weighted by atomic mass is 10.3. The first-order chi connectivity index (χ1) is 13.3. The number of piperazine rings is 2. The average molecular weight is 478 g/mol. The van der Waals surface area contributed by atoms with Gasteiger partial charge in [0.15, 0.2) is 10.4 Å². The number of furan rings is 1. The number of carbonyl (C=O) groups is 2. The minimum atomic E-state index is -3.50. The Morgan fingerprint density at radius 1 is 1.04 bits per heavy atom. The highest BCUT2D eigenvalue weighted by molar-refractivity contribution is 9.10. The smallest absolute Gasteiger partial charge is 0.287 e. The van der Waals surface area contributed by atoms with E-state index in [2.05, 4.69) is 26.1 Å². The van der Waals surface area contributed by atoms with Crippen LogP contribution in [0.2, 0.25) is 0 Å². The molecule has 3 rings (SSSR count). The van der Waals surface area contributed by atoms with Crippen molar-refractivity contribution in [2.45, 2.75) is 0 Å². The molecule has 0 aromatic carbocycles. The van der Waals surface area contributed by atoms with Crippen molar-refractivity contribution < 1.29 is 22.4 Å². The van der Waals surface area contributed by atoms with E-state index in [1.54, 1.807) is 11.0 Å². The number of nitrogens with zero attached hydrogens (tertiary/aromatic N) is 4. The Morgan fingerprint density at radius 3 is 2.14 bits per heavy atom. The summed E-state index contributed by atoms with van der Waals surface area (Å²) in [7, 11) is -1.53. The molecular formula is C16H24BrN5O5S. The molecule has 0 spiro atoms. The highest BCUT2D eigenvalue weighted by Crippen LogP contribution is 2.15. The summed E-state index contributed by atoms with van der Waals surface area (Å²) in [6.07, 6.45) is 0. The Kier molecular flexibility index (Phi) is 6.76. The maximum atomic E-state index is 12.8. The summed E-state index contributed by atoms with van der Waals surface area (Å²) in [5.74, 6) is -0.617. The molecule has 0 radical (unpaired) electrons. The zero-order valence-corrected chi connectivity index (χ0v) is 18.0. The minimum Gasteiger partial charge on any atom is -0.444 e. The van der Waals surface area contributed by atoms with Gasteiger partial charge in [-0.2, -0.15) is 17.0 Å². The van der Waals surface area contributed by atoms with Crippen LogP contribution in [0.1, 0.15) is 10.6 Å². The molecule has 3 heterocycles. The van der Waals surface area contributed by atoms with Crippen LogP contribution in [0.4, 0.5) is 0 Å². The maximum absolute atomic E-state index is 12.8. The Bertz CT molecular complexity index is 813. The SMILES string of the molecule is CN1CCN(S(=O)(=O)N2CCN(C(=O)CNC(=O)c3ccc(Br)o3)CC2)CC1. The monoisotopic (exact) mass is 477 g/mol. The van der Waals surface area contributed by atoms with Gasteiger partial charge < -0.3 is 19.5 Å². The molecule has 0 bridgehead atoms. The molecule has 2 amide bonds. The van der Waals surface area contributed by atoms with Crippen LogP contribution in [-0.4, -0.2) is 105 Å². The standard InChI is InChI=1S/C16H24BrN5O5S/c1-19-4-8-21(9-5-19)28(25,26)22-10-6-20(7-11-22)15(23)12-18-16(24)13-2-3-14(17)27-13/h2-3H,4-12H2,1H3,(H,18,24). The zero-order chi connectivity index (χ0) is 20.3. The van der Waals surface area contributed by atoms with Crippen molar-refractivity contribution in [2.24, 2.45) is 0 Å². The molecule has 0 unspecified atom stereocenters. The molecule has 12 heteroatoms. The highest BCUT2D eigenvalue weighted by atomic mass is 79.9. The van der Waals surface area contributed by atoms with Crippen LogP contribution in [0.15, 0.2) is 21.2 Å². The summed E-state index contributed by atoms with van der Waals surface area (Å²) >= 11 is 3.11. The Morgan fingerprint density at radius 2 is 1.61 bits per heavy atom. The fourth-order valence-electron chi connectivity index (χ4n) is 3.14. The van der Waals surface area contributed by atoms with E-state index in [9.17, 15) is 18.0 Å². The van der Waals surface area contributed by atoms with Crippen molar-refractivity contribution in [1.82, 2.24) is 23.7 Å². The second kappa shape index (κ2) is 8.91. The topological polar surface area (TPSA) is 106 Å². The third-order valence-corrected chi connectivity index (χ3v) is 7.36. The number of likely N-dealkylation sites (N-methyl/N-ethyl adjacent to an activating group) is 1. The first-order valence-corrected chi connectivity index (χ1v) is 11.2. The molecule has 0 aliphatic carbocycles. The van der Waals surface area contributed by atoms with E-state index in [1.807, 2.05) is 7.05 Å². The van der Waals surface area contributed by atoms with Crippen molar-refractivity contribution in [1.29, 1.82) is 0 Å². The van der Waals surface area contributed by atoms with Gasteiger partial charge in [-0.05, 0) is 35.1 Å². The lowest BCUT2D eigenvalue weighted by Crippen LogP contribution is -2.57. The molecule has 1 N–H and O–H groups in total. The number of amides is 2. The van der Waals surface area contributed by atoms with E-state index in [1.165, 1.54) is 14.7 Å². The summed E-state index contributed by atoms with van der Waals surface area (Å²) in [5, 5.41) is 2.52. The lowest BCUT2D eigenvalue weighted by molar-refractivity contribution is -0.131. The van der Waals surface area contributed by atoms with E-state index in [-0.39, 0.29) is 31.3 Å². The first-order valence-electron chi connectivity index (χ1n) is 9.02. The van der Waals surface area contributed by atoms with Gasteiger partial charge in [-0.15, -0.1) is 0 Å². The Balaban J connectivity index is 1.46. The molecule has 2 aliphatic heterocycles. The second-order valence-corrected chi connectivity index (χ2v) is 9.49. The fraction of sp³-hybridized carbons (Fsp3) is 0.625. The van der Waals surface area contributed by atoms with Gasteiger partial charge in [0.1, 0.15) is 0 Å². The molecule has 10 nitrogen and oxygen atoms in total. The first kappa shape index (κ1) is 21.2. The van der Waals surface area contributed by atoms with Gasteiger partial charge in [-0.25, -0.2) is 0 Å². The number of hydrogen-bond donors (Lipinski definition) is 1. The van der Waals surface area contributed by atoms with Crippen molar-refractivity contribution in [3.8, 4) is 0 Å². The highest BCUT2D eigenvalue weighted by Gasteiger charge is 2.34. The molecule has 1 aromatic rings. The van der Waals surface area contributed by atoms with Gasteiger partial charge in [0, 0.05) is 52.4 Å². The van der Waals surface area contributed by atoms with Crippen LogP contribution in [0.25, 0.3) is 0 Å². The summed E-state index contributed by atoms with van der Waals surface area (Å²) in [5.41, 5.74) is 0. The summed E-state index contributed by atoms with van der Waals surface area (Å²) < 4.78 is 34.0. The number of rotatable bonds is 5. The molecular weight excluding hydrogens is 454 g/mol. The molecule has 156 valence electrons. The minimum absolute atomic E-state index is 0.114. The Labute approximate surface area is 172 Å². The van der Waals surface area contributed by atoms with Crippen molar-refractivity contribution >= 4 is 38.0 Å². The van der Waals surface area contributed by atoms with Crippen LogP contribution in [0.3, 0.4) is 0 Å². The average Bonchev–Trinajstić information content (AvgIpc) is 3.13. The third kappa shape index (κ3) is 4.92. The normalized spacial score (nSPS) is 20.3. The molecule has 2 saturated heterocycles. The van der Waals surface area contributed by atoms with Crippen molar-refractivity contribution in [3.05, 3.63) is 22.6 Å². The quantitative estimate of drug-likeness (QED) is 0.607. The van der Waals surface area contributed by atoms with Crippen LogP contribution >= 0.6 is 15.9 Å². The molecule has 0 atom stereocenters. The van der Waals surface area contributed by atoms with Gasteiger partial charge in [-0.1, -0.05) is 0 Å². The van der Waals surface area contributed by atoms with Crippen molar-refractivity contribution in [2.75, 3.05) is 66.0 Å². The number of halogens is 1. The largest absolute Gasteiger partial charge is 0.444 e. The maximum Gasteiger partial charge on any atom is 0.287 e. The molecule has 0 saturated carbocycles. The van der Waals surface area contributed by atoms with Gasteiger partial charge in [0.25, 0.3) is 16.1 Å². The number of nitrogens with one attached hydrogen (secondary N) is 1. The van der Waals surface area contributed by atoms with E-state index in [0.29, 0.717) is 43.9 Å². The van der Waals surface area contributed by atoms with E-state index < -0.39 is 16.1 Å². The van der Waals surface area contributed by atoms with Gasteiger partial charge in [0.05, 0.1) is 6.54 Å². The molecule has 28 heavy (non-hydrogen) atoms. The summed E-state index contributed by atoms with van der Waals surface area (Å²) in [4.78, 5) is 27.9. The Hall–Kier alpha value is -1.47. The third-order valence-electron chi connectivity index (χ3n) is 4.90.